The van der Waals surface area contributed by atoms with Crippen LogP contribution < -0.4 is 5.73 Å². The van der Waals surface area contributed by atoms with Crippen LogP contribution in [0.2, 0.25) is 0 Å². The highest BCUT2D eigenvalue weighted by atomic mass is 32.2. The van der Waals surface area contributed by atoms with Gasteiger partial charge in [0, 0.05) is 18.3 Å². The number of aliphatic carboxylic acids is 1. The Balaban J connectivity index is 2.21. The average Bonchev–Trinajstić information content (AvgIpc) is 3.02. The van der Waals surface area contributed by atoms with Crippen molar-refractivity contribution in [1.29, 1.82) is 0 Å². The lowest BCUT2D eigenvalue weighted by Gasteiger charge is -2.20. The van der Waals surface area contributed by atoms with Gasteiger partial charge in [-0.05, 0) is 19.8 Å². The van der Waals surface area contributed by atoms with Gasteiger partial charge in [0.15, 0.2) is 0 Å². The molecule has 1 aliphatic carbocycles. The van der Waals surface area contributed by atoms with Crippen molar-refractivity contribution in [2.75, 3.05) is 18.1 Å². The molecule has 0 aliphatic heterocycles. The molecular formula is C10H18N2O3S. The van der Waals surface area contributed by atoms with E-state index in [9.17, 15) is 9.59 Å². The normalized spacial score (nSPS) is 16.9. The quantitative estimate of drug-likeness (QED) is 0.667. The molecule has 3 N–H and O–H groups in total. The number of thioether (sulfide) groups is 1. The van der Waals surface area contributed by atoms with Gasteiger partial charge in [0.25, 0.3) is 0 Å². The van der Waals surface area contributed by atoms with E-state index in [4.69, 9.17) is 10.8 Å². The van der Waals surface area contributed by atoms with Gasteiger partial charge in [-0.3, -0.25) is 9.59 Å². The summed E-state index contributed by atoms with van der Waals surface area (Å²) in [5.74, 6) is -0.323. The van der Waals surface area contributed by atoms with Crippen LogP contribution >= 0.6 is 11.8 Å². The van der Waals surface area contributed by atoms with E-state index in [2.05, 4.69) is 0 Å². The fourth-order valence-corrected chi connectivity index (χ4v) is 2.31. The van der Waals surface area contributed by atoms with Crippen molar-refractivity contribution in [1.82, 2.24) is 4.90 Å². The van der Waals surface area contributed by atoms with E-state index in [-0.39, 0.29) is 11.7 Å². The number of hydrogen-bond acceptors (Lipinski definition) is 4. The second-order valence-electron chi connectivity index (χ2n) is 3.87. The van der Waals surface area contributed by atoms with Crippen LogP contribution in [-0.4, -0.2) is 52.0 Å². The first-order valence-corrected chi connectivity index (χ1v) is 6.57. The topological polar surface area (TPSA) is 83.6 Å². The fourth-order valence-electron chi connectivity index (χ4n) is 1.45. The third-order valence-electron chi connectivity index (χ3n) is 2.49. The number of carbonyl (C=O) groups excluding carboxylic acids is 1. The minimum Gasteiger partial charge on any atom is -0.480 e. The highest BCUT2D eigenvalue weighted by Gasteiger charge is 2.31. The van der Waals surface area contributed by atoms with Crippen LogP contribution in [0.25, 0.3) is 0 Å². The van der Waals surface area contributed by atoms with Gasteiger partial charge in [-0.25, -0.2) is 0 Å². The van der Waals surface area contributed by atoms with Crippen LogP contribution in [0, 0.1) is 0 Å². The van der Waals surface area contributed by atoms with Crippen LogP contribution in [0.3, 0.4) is 0 Å². The van der Waals surface area contributed by atoms with E-state index < -0.39 is 12.0 Å². The van der Waals surface area contributed by atoms with Gasteiger partial charge in [-0.1, -0.05) is 0 Å². The summed E-state index contributed by atoms with van der Waals surface area (Å²) < 4.78 is 0. The molecule has 0 aromatic rings. The van der Waals surface area contributed by atoms with Crippen molar-refractivity contribution in [3.05, 3.63) is 0 Å². The summed E-state index contributed by atoms with van der Waals surface area (Å²) in [7, 11) is 0. The van der Waals surface area contributed by atoms with Crippen molar-refractivity contribution >= 4 is 23.6 Å². The molecule has 6 heteroatoms. The predicted molar refractivity (Wildman–Crippen MR) is 63.3 cm³/mol. The third-order valence-corrected chi connectivity index (χ3v) is 3.53. The summed E-state index contributed by atoms with van der Waals surface area (Å²) in [5.41, 5.74) is 5.34. The lowest BCUT2D eigenvalue weighted by atomic mass is 10.4. The molecule has 0 aromatic heterocycles. The number of rotatable bonds is 7. The monoisotopic (exact) mass is 246 g/mol. The van der Waals surface area contributed by atoms with E-state index >= 15 is 0 Å². The second kappa shape index (κ2) is 6.10. The fraction of sp³-hybridized carbons (Fsp3) is 0.800. The van der Waals surface area contributed by atoms with Crippen molar-refractivity contribution in [3.8, 4) is 0 Å². The number of carbonyl (C=O) groups is 2. The molecule has 1 rings (SSSR count). The molecule has 0 radical (unpaired) electrons. The zero-order chi connectivity index (χ0) is 12.1. The lowest BCUT2D eigenvalue weighted by molar-refractivity contribution is -0.138. The van der Waals surface area contributed by atoms with Gasteiger partial charge in [0.05, 0.1) is 5.75 Å². The van der Waals surface area contributed by atoms with Crippen LogP contribution in [-0.2, 0) is 9.59 Å². The molecule has 0 bridgehead atoms. The average molecular weight is 246 g/mol. The van der Waals surface area contributed by atoms with Gasteiger partial charge >= 0.3 is 5.97 Å². The van der Waals surface area contributed by atoms with Crippen LogP contribution in [0.5, 0.6) is 0 Å². The highest BCUT2D eigenvalue weighted by molar-refractivity contribution is 8.00. The Morgan fingerprint density at radius 1 is 1.56 bits per heavy atom. The number of carboxylic acid groups (broad SMARTS) is 1. The number of carboxylic acids is 1. The first-order chi connectivity index (χ1) is 7.56. The zero-order valence-corrected chi connectivity index (χ0v) is 10.2. The van der Waals surface area contributed by atoms with E-state index in [1.54, 1.807) is 0 Å². The molecule has 0 heterocycles. The first kappa shape index (κ1) is 13.3. The van der Waals surface area contributed by atoms with Crippen molar-refractivity contribution in [2.24, 2.45) is 5.73 Å². The lowest BCUT2D eigenvalue weighted by Crippen LogP contribution is -2.36. The maximum absolute atomic E-state index is 11.7. The Bertz CT molecular complexity index is 269. The predicted octanol–water partition coefficient (Wildman–Crippen LogP) is 0.142. The summed E-state index contributed by atoms with van der Waals surface area (Å²) in [6.45, 7) is 2.69. The molecule has 1 aliphatic rings. The largest absolute Gasteiger partial charge is 0.480 e. The van der Waals surface area contributed by atoms with E-state index in [1.807, 2.05) is 11.8 Å². The Labute approximate surface area is 99.4 Å². The molecule has 92 valence electrons. The molecule has 5 nitrogen and oxygen atoms in total. The Morgan fingerprint density at radius 3 is 2.62 bits per heavy atom. The van der Waals surface area contributed by atoms with Crippen molar-refractivity contribution < 1.29 is 14.7 Å². The van der Waals surface area contributed by atoms with Gasteiger partial charge < -0.3 is 15.7 Å². The van der Waals surface area contributed by atoms with E-state index in [0.717, 1.165) is 19.4 Å². The third kappa shape index (κ3) is 4.02. The standard InChI is InChI=1S/C10H18N2O3S/c1-2-12(7-3-4-7)9(13)6-16-5-8(11)10(14)15/h7-8H,2-6,11H2,1H3,(H,14,15). The summed E-state index contributed by atoms with van der Waals surface area (Å²) >= 11 is 1.29. The molecule has 1 atom stereocenters. The Kier molecular flexibility index (Phi) is 5.08. The Morgan fingerprint density at radius 2 is 2.19 bits per heavy atom. The smallest absolute Gasteiger partial charge is 0.321 e. The van der Waals surface area contributed by atoms with Crippen LogP contribution in [0.15, 0.2) is 0 Å². The van der Waals surface area contributed by atoms with Crippen molar-refractivity contribution in [3.63, 3.8) is 0 Å². The SMILES string of the molecule is CCN(C(=O)CSCC(N)C(=O)O)C1CC1. The maximum atomic E-state index is 11.7. The molecule has 1 amide bonds. The maximum Gasteiger partial charge on any atom is 0.321 e. The molecule has 1 fully saturated rings. The molecule has 1 unspecified atom stereocenters. The number of nitrogens with two attached hydrogens (primary N) is 1. The minimum atomic E-state index is -1.02. The van der Waals surface area contributed by atoms with Gasteiger partial charge in [0.1, 0.15) is 6.04 Å². The summed E-state index contributed by atoms with van der Waals surface area (Å²) in [5, 5.41) is 8.57. The Hall–Kier alpha value is -0.750. The molecule has 1 saturated carbocycles. The number of nitrogens with zero attached hydrogens (tertiary/aromatic N) is 1. The second-order valence-corrected chi connectivity index (χ2v) is 4.90. The highest BCUT2D eigenvalue weighted by Crippen LogP contribution is 2.27. The summed E-state index contributed by atoms with van der Waals surface area (Å²) in [4.78, 5) is 24.0. The molecule has 0 spiro atoms. The van der Waals surface area contributed by atoms with Gasteiger partial charge in [-0.2, -0.15) is 0 Å². The van der Waals surface area contributed by atoms with Crippen LogP contribution in [0.4, 0.5) is 0 Å². The zero-order valence-electron chi connectivity index (χ0n) is 9.39. The minimum absolute atomic E-state index is 0.0904. The van der Waals surface area contributed by atoms with Crippen LogP contribution in [0.1, 0.15) is 19.8 Å². The van der Waals surface area contributed by atoms with Gasteiger partial charge in [-0.15, -0.1) is 11.8 Å². The molecular weight excluding hydrogens is 228 g/mol. The first-order valence-electron chi connectivity index (χ1n) is 5.41. The number of hydrogen-bond donors (Lipinski definition) is 2. The number of amides is 1. The van der Waals surface area contributed by atoms with E-state index in [0.29, 0.717) is 11.8 Å². The van der Waals surface area contributed by atoms with Gasteiger partial charge in [0.2, 0.25) is 5.91 Å². The summed E-state index contributed by atoms with van der Waals surface area (Å²) in [6.07, 6.45) is 2.19. The summed E-state index contributed by atoms with van der Waals surface area (Å²) in [6, 6.07) is -0.458. The molecule has 16 heavy (non-hydrogen) atoms. The van der Waals surface area contributed by atoms with Crippen molar-refractivity contribution in [2.45, 2.75) is 31.8 Å². The van der Waals surface area contributed by atoms with E-state index in [1.165, 1.54) is 11.8 Å². The molecule has 0 aromatic carbocycles. The molecule has 0 saturated heterocycles.